The van der Waals surface area contributed by atoms with Crippen molar-refractivity contribution in [1.29, 1.82) is 0 Å². The maximum absolute atomic E-state index is 12.0. The molecule has 0 aliphatic carbocycles. The first-order valence-corrected chi connectivity index (χ1v) is 19.8. The quantitative estimate of drug-likeness (QED) is 0.0267. The lowest BCUT2D eigenvalue weighted by molar-refractivity contribution is -0.147. The monoisotopic (exact) mass is 673 g/mol. The highest BCUT2D eigenvalue weighted by atomic mass is 31.2. The first-order valence-electron chi connectivity index (χ1n) is 18.3. The molecule has 1 amide bonds. The topological polar surface area (TPSA) is 131 Å². The number of nitrogens with one attached hydrogen (secondary N) is 1. The second-order valence-corrected chi connectivity index (χ2v) is 13.7. The molecule has 9 nitrogen and oxygen atoms in total. The third-order valence-electron chi connectivity index (χ3n) is 7.63. The molecule has 0 bridgehead atoms. The fourth-order valence-electron chi connectivity index (χ4n) is 4.82. The summed E-state index contributed by atoms with van der Waals surface area (Å²) in [6.45, 7) is 3.48. The number of ether oxygens (including phenoxy) is 1. The van der Waals surface area contributed by atoms with Gasteiger partial charge in [0.25, 0.3) is 0 Å². The number of aliphatic hydroxyl groups excluding tert-OH is 1. The van der Waals surface area contributed by atoms with E-state index in [-0.39, 0.29) is 32.1 Å². The van der Waals surface area contributed by atoms with Crippen LogP contribution in [-0.4, -0.2) is 54.3 Å². The molecule has 2 unspecified atom stereocenters. The van der Waals surface area contributed by atoms with E-state index in [0.29, 0.717) is 6.42 Å². The lowest BCUT2D eigenvalue weighted by Gasteiger charge is -2.15. The van der Waals surface area contributed by atoms with Crippen LogP contribution in [0.15, 0.2) is 24.3 Å². The number of hydrogen-bond donors (Lipinski definition) is 3. The van der Waals surface area contributed by atoms with Gasteiger partial charge in [0.2, 0.25) is 5.91 Å². The number of esters is 1. The lowest BCUT2D eigenvalue weighted by Crippen LogP contribution is -2.27. The number of hydrogen-bond acceptors (Lipinski definition) is 7. The maximum atomic E-state index is 12.0. The molecule has 46 heavy (non-hydrogen) atoms. The zero-order valence-electron chi connectivity index (χ0n) is 29.3. The van der Waals surface area contributed by atoms with E-state index in [1.807, 2.05) is 0 Å². The fraction of sp³-hybridized carbons (Fsp3) is 0.833. The molecule has 0 rings (SSSR count). The van der Waals surface area contributed by atoms with E-state index >= 15 is 0 Å². The van der Waals surface area contributed by atoms with Crippen LogP contribution in [0.5, 0.6) is 0 Å². The summed E-state index contributed by atoms with van der Waals surface area (Å²) in [5.41, 5.74) is 0. The molecule has 2 atom stereocenters. The van der Waals surface area contributed by atoms with E-state index in [2.05, 4.69) is 43.5 Å². The van der Waals surface area contributed by atoms with Gasteiger partial charge in [0, 0.05) is 19.4 Å². The van der Waals surface area contributed by atoms with E-state index in [0.717, 1.165) is 64.2 Å². The number of rotatable bonds is 34. The summed E-state index contributed by atoms with van der Waals surface area (Å²) in [4.78, 5) is 33.6. The summed E-state index contributed by atoms with van der Waals surface area (Å²) in [6, 6.07) is 0. The van der Waals surface area contributed by atoms with Crippen molar-refractivity contribution in [3.8, 4) is 0 Å². The molecule has 0 aliphatic rings. The van der Waals surface area contributed by atoms with Gasteiger partial charge in [-0.05, 0) is 44.9 Å². The number of phosphoric ester groups is 1. The molecule has 270 valence electrons. The summed E-state index contributed by atoms with van der Waals surface area (Å²) in [5, 5.41) is 12.6. The summed E-state index contributed by atoms with van der Waals surface area (Å²) in [5.74, 6) is -0.532. The molecule has 0 aromatic rings. The molecule has 0 saturated heterocycles. The molecule has 0 spiro atoms. The fourth-order valence-corrected chi connectivity index (χ4v) is 5.58. The van der Waals surface area contributed by atoms with Crippen LogP contribution >= 0.6 is 7.82 Å². The van der Waals surface area contributed by atoms with Crippen LogP contribution in [-0.2, 0) is 27.9 Å². The Morgan fingerprint density at radius 3 is 1.78 bits per heavy atom. The Balaban J connectivity index is 3.66. The molecule has 0 aromatic heterocycles. The number of amides is 1. The van der Waals surface area contributed by atoms with Crippen molar-refractivity contribution in [3.63, 3.8) is 0 Å². The van der Waals surface area contributed by atoms with Gasteiger partial charge in [-0.25, -0.2) is 4.57 Å². The number of unbranched alkanes of at least 4 members (excludes halogenated alkanes) is 17. The van der Waals surface area contributed by atoms with Gasteiger partial charge in [-0.1, -0.05) is 128 Å². The third-order valence-corrected chi connectivity index (χ3v) is 8.62. The van der Waals surface area contributed by atoms with Gasteiger partial charge in [0.15, 0.2) is 0 Å². The van der Waals surface area contributed by atoms with Crippen LogP contribution in [0.2, 0.25) is 0 Å². The number of aliphatic hydroxyl groups is 1. The normalized spacial score (nSPS) is 13.7. The zero-order valence-corrected chi connectivity index (χ0v) is 30.2. The highest BCUT2D eigenvalue weighted by Crippen LogP contribution is 2.42. The van der Waals surface area contributed by atoms with Crippen LogP contribution in [0.25, 0.3) is 0 Å². The minimum Gasteiger partial charge on any atom is -0.463 e. The second kappa shape index (κ2) is 33.4. The average molecular weight is 674 g/mol. The smallest absolute Gasteiger partial charge is 0.463 e. The van der Waals surface area contributed by atoms with Crippen LogP contribution in [0.4, 0.5) is 0 Å². The van der Waals surface area contributed by atoms with Gasteiger partial charge in [-0.15, -0.1) is 0 Å². The van der Waals surface area contributed by atoms with Crippen molar-refractivity contribution < 1.29 is 37.9 Å². The molecule has 0 aliphatic heterocycles. The Morgan fingerprint density at radius 1 is 0.674 bits per heavy atom. The number of carbonyl (C=O) groups excluding carboxylic acids is 2. The van der Waals surface area contributed by atoms with Gasteiger partial charge in [-0.3, -0.25) is 18.6 Å². The molecule has 10 heteroatoms. The third kappa shape index (κ3) is 33.8. The Kier molecular flexibility index (Phi) is 32.3. The zero-order chi connectivity index (χ0) is 34.0. The molecule has 0 aromatic carbocycles. The predicted molar refractivity (Wildman–Crippen MR) is 188 cm³/mol. The SMILES string of the molecule is CCCCC/C=C\C/C=C\CCCCCCCC(=O)OCC(O)COP(=O)(O)OCCNC(=O)CCCCCCCCCCCC. The highest BCUT2D eigenvalue weighted by molar-refractivity contribution is 7.47. The highest BCUT2D eigenvalue weighted by Gasteiger charge is 2.23. The van der Waals surface area contributed by atoms with Crippen LogP contribution in [0.1, 0.15) is 162 Å². The molecular weight excluding hydrogens is 605 g/mol. The Labute approximate surface area is 280 Å². The van der Waals surface area contributed by atoms with E-state index in [1.165, 1.54) is 70.6 Å². The van der Waals surface area contributed by atoms with Gasteiger partial charge >= 0.3 is 13.8 Å². The van der Waals surface area contributed by atoms with Crippen LogP contribution < -0.4 is 5.32 Å². The van der Waals surface area contributed by atoms with Gasteiger partial charge in [0.1, 0.15) is 12.7 Å². The second-order valence-electron chi connectivity index (χ2n) is 12.2. The predicted octanol–water partition coefficient (Wildman–Crippen LogP) is 9.26. The summed E-state index contributed by atoms with van der Waals surface area (Å²) in [6.07, 6.45) is 32.5. The standard InChI is InChI=1S/C36H68NO8P/c1-3-5-7-9-11-13-15-16-17-18-19-21-23-25-27-29-36(40)43-32-34(38)33-45-46(41,42)44-31-30-37-35(39)28-26-24-22-20-14-12-10-8-6-4-2/h11,13,16-17,34,38H,3-10,12,14-15,18-33H2,1-2H3,(H,37,39)(H,41,42)/b13-11-,17-16-. The summed E-state index contributed by atoms with van der Waals surface area (Å²) < 4.78 is 26.7. The number of allylic oxidation sites excluding steroid dienone is 4. The molecule has 0 fully saturated rings. The Morgan fingerprint density at radius 2 is 1.17 bits per heavy atom. The number of carbonyl (C=O) groups is 2. The first-order chi connectivity index (χ1) is 22.3. The van der Waals surface area contributed by atoms with Gasteiger partial charge < -0.3 is 20.1 Å². The van der Waals surface area contributed by atoms with E-state index in [1.54, 1.807) is 0 Å². The maximum Gasteiger partial charge on any atom is 0.472 e. The average Bonchev–Trinajstić information content (AvgIpc) is 3.04. The molecule has 3 N–H and O–H groups in total. The molecule has 0 heterocycles. The van der Waals surface area contributed by atoms with Crippen molar-refractivity contribution in [2.24, 2.45) is 0 Å². The van der Waals surface area contributed by atoms with Crippen molar-refractivity contribution in [3.05, 3.63) is 24.3 Å². The minimum absolute atomic E-state index is 0.0822. The molecule has 0 saturated carbocycles. The molecular formula is C36H68NO8P. The van der Waals surface area contributed by atoms with Crippen molar-refractivity contribution in [2.45, 2.75) is 168 Å². The van der Waals surface area contributed by atoms with Gasteiger partial charge in [-0.2, -0.15) is 0 Å². The number of phosphoric acid groups is 1. The van der Waals surface area contributed by atoms with Gasteiger partial charge in [0.05, 0.1) is 13.2 Å². The summed E-state index contributed by atoms with van der Waals surface area (Å²) >= 11 is 0. The van der Waals surface area contributed by atoms with E-state index in [9.17, 15) is 24.2 Å². The summed E-state index contributed by atoms with van der Waals surface area (Å²) in [7, 11) is -4.41. The van der Waals surface area contributed by atoms with Crippen molar-refractivity contribution in [1.82, 2.24) is 5.32 Å². The van der Waals surface area contributed by atoms with E-state index < -0.39 is 26.5 Å². The van der Waals surface area contributed by atoms with Crippen LogP contribution in [0, 0.1) is 0 Å². The van der Waals surface area contributed by atoms with E-state index in [4.69, 9.17) is 13.8 Å². The Hall–Kier alpha value is -1.51. The van der Waals surface area contributed by atoms with Crippen molar-refractivity contribution in [2.75, 3.05) is 26.4 Å². The largest absolute Gasteiger partial charge is 0.472 e. The Bertz CT molecular complexity index is 820. The van der Waals surface area contributed by atoms with Crippen LogP contribution in [0.3, 0.4) is 0 Å². The van der Waals surface area contributed by atoms with Crippen molar-refractivity contribution >= 4 is 19.7 Å². The molecule has 0 radical (unpaired) electrons. The lowest BCUT2D eigenvalue weighted by atomic mass is 10.1. The first kappa shape index (κ1) is 44.5. The minimum atomic E-state index is -4.41.